The van der Waals surface area contributed by atoms with Crippen molar-refractivity contribution in [2.24, 2.45) is 5.92 Å². The van der Waals surface area contributed by atoms with Gasteiger partial charge in [0, 0.05) is 0 Å². The van der Waals surface area contributed by atoms with Crippen LogP contribution in [0.15, 0.2) is 40.8 Å². The standard InChI is InChI=1S/C17H23NO3/c1-13(2)10-18-11-14-8-9-15(21-14)12-20-17-7-5-4-6-16(17)19-3/h4-9,13,18H,10-12H2,1-3H3. The Balaban J connectivity index is 1.85. The first-order valence-electron chi connectivity index (χ1n) is 7.23. The van der Waals surface area contributed by atoms with Crippen LogP contribution in [-0.4, -0.2) is 13.7 Å². The van der Waals surface area contributed by atoms with E-state index in [0.717, 1.165) is 36.1 Å². The van der Waals surface area contributed by atoms with Gasteiger partial charge in [0.05, 0.1) is 13.7 Å². The molecule has 2 aromatic rings. The van der Waals surface area contributed by atoms with E-state index < -0.39 is 0 Å². The Hall–Kier alpha value is -1.94. The highest BCUT2D eigenvalue weighted by Gasteiger charge is 2.06. The van der Waals surface area contributed by atoms with Crippen LogP contribution in [0.1, 0.15) is 25.4 Å². The maximum atomic E-state index is 5.73. The highest BCUT2D eigenvalue weighted by atomic mass is 16.5. The summed E-state index contributed by atoms with van der Waals surface area (Å²) in [5, 5.41) is 3.35. The fourth-order valence-corrected chi connectivity index (χ4v) is 1.97. The largest absolute Gasteiger partial charge is 0.493 e. The Kier molecular flexibility index (Phi) is 5.69. The zero-order valence-corrected chi connectivity index (χ0v) is 12.9. The topological polar surface area (TPSA) is 43.6 Å². The number of hydrogen-bond donors (Lipinski definition) is 1. The van der Waals surface area contributed by atoms with E-state index in [4.69, 9.17) is 13.9 Å². The average molecular weight is 289 g/mol. The molecule has 2 rings (SSSR count). The van der Waals surface area contributed by atoms with E-state index in [2.05, 4.69) is 19.2 Å². The lowest BCUT2D eigenvalue weighted by molar-refractivity contribution is 0.252. The zero-order valence-electron chi connectivity index (χ0n) is 12.9. The van der Waals surface area contributed by atoms with Crippen LogP contribution in [0, 0.1) is 5.92 Å². The molecular weight excluding hydrogens is 266 g/mol. The fourth-order valence-electron chi connectivity index (χ4n) is 1.97. The lowest BCUT2D eigenvalue weighted by Crippen LogP contribution is -2.18. The van der Waals surface area contributed by atoms with Gasteiger partial charge in [-0.15, -0.1) is 0 Å². The van der Waals surface area contributed by atoms with E-state index in [9.17, 15) is 0 Å². The quantitative estimate of drug-likeness (QED) is 0.806. The number of ether oxygens (including phenoxy) is 2. The van der Waals surface area contributed by atoms with Crippen molar-refractivity contribution in [2.75, 3.05) is 13.7 Å². The van der Waals surface area contributed by atoms with E-state index in [1.165, 1.54) is 0 Å². The van der Waals surface area contributed by atoms with Crippen LogP contribution in [-0.2, 0) is 13.2 Å². The molecule has 1 aromatic heterocycles. The maximum absolute atomic E-state index is 5.73. The van der Waals surface area contributed by atoms with Crippen molar-refractivity contribution in [3.05, 3.63) is 47.9 Å². The molecular formula is C17H23NO3. The molecule has 0 saturated heterocycles. The van der Waals surface area contributed by atoms with E-state index in [-0.39, 0.29) is 0 Å². The molecule has 21 heavy (non-hydrogen) atoms. The summed E-state index contributed by atoms with van der Waals surface area (Å²) in [7, 11) is 1.63. The van der Waals surface area contributed by atoms with Gasteiger partial charge in [-0.3, -0.25) is 0 Å². The van der Waals surface area contributed by atoms with Crippen molar-refractivity contribution < 1.29 is 13.9 Å². The number of rotatable bonds is 8. The Morgan fingerprint density at radius 3 is 2.48 bits per heavy atom. The summed E-state index contributed by atoms with van der Waals surface area (Å²) in [6, 6.07) is 11.5. The molecule has 0 fully saturated rings. The Morgan fingerprint density at radius 2 is 1.76 bits per heavy atom. The van der Waals surface area contributed by atoms with Crippen LogP contribution < -0.4 is 14.8 Å². The minimum Gasteiger partial charge on any atom is -0.493 e. The van der Waals surface area contributed by atoms with Gasteiger partial charge in [-0.2, -0.15) is 0 Å². The van der Waals surface area contributed by atoms with Gasteiger partial charge in [0.25, 0.3) is 0 Å². The van der Waals surface area contributed by atoms with Crippen molar-refractivity contribution >= 4 is 0 Å². The van der Waals surface area contributed by atoms with Gasteiger partial charge in [-0.25, -0.2) is 0 Å². The summed E-state index contributed by atoms with van der Waals surface area (Å²) in [6.45, 7) is 6.48. The summed E-state index contributed by atoms with van der Waals surface area (Å²) in [4.78, 5) is 0. The second-order valence-electron chi connectivity index (χ2n) is 5.33. The molecule has 0 aliphatic heterocycles. The monoisotopic (exact) mass is 289 g/mol. The van der Waals surface area contributed by atoms with Crippen molar-refractivity contribution in [3.8, 4) is 11.5 Å². The molecule has 4 nitrogen and oxygen atoms in total. The lowest BCUT2D eigenvalue weighted by atomic mass is 10.2. The SMILES string of the molecule is COc1ccccc1OCc1ccc(CNCC(C)C)o1. The molecule has 0 atom stereocenters. The van der Waals surface area contributed by atoms with Crippen molar-refractivity contribution in [1.82, 2.24) is 5.32 Å². The molecule has 1 aromatic carbocycles. The van der Waals surface area contributed by atoms with Gasteiger partial charge in [0.15, 0.2) is 11.5 Å². The molecule has 0 radical (unpaired) electrons. The molecule has 1 N–H and O–H groups in total. The van der Waals surface area contributed by atoms with Crippen molar-refractivity contribution in [1.29, 1.82) is 0 Å². The summed E-state index contributed by atoms with van der Waals surface area (Å²) in [5.41, 5.74) is 0. The minimum absolute atomic E-state index is 0.393. The van der Waals surface area contributed by atoms with E-state index >= 15 is 0 Å². The highest BCUT2D eigenvalue weighted by Crippen LogP contribution is 2.26. The first kappa shape index (κ1) is 15.4. The zero-order chi connectivity index (χ0) is 15.1. The van der Waals surface area contributed by atoms with Crippen LogP contribution in [0.3, 0.4) is 0 Å². The minimum atomic E-state index is 0.393. The highest BCUT2D eigenvalue weighted by molar-refractivity contribution is 5.39. The van der Waals surface area contributed by atoms with Crippen LogP contribution in [0.5, 0.6) is 11.5 Å². The van der Waals surface area contributed by atoms with Crippen LogP contribution >= 0.6 is 0 Å². The number of benzene rings is 1. The number of para-hydroxylation sites is 2. The van der Waals surface area contributed by atoms with Gasteiger partial charge in [0.2, 0.25) is 0 Å². The van der Waals surface area contributed by atoms with Crippen molar-refractivity contribution in [3.63, 3.8) is 0 Å². The molecule has 4 heteroatoms. The average Bonchev–Trinajstić information content (AvgIpc) is 2.93. The molecule has 0 saturated carbocycles. The normalized spacial score (nSPS) is 10.9. The first-order chi connectivity index (χ1) is 10.2. The summed E-state index contributed by atoms with van der Waals surface area (Å²) in [5.74, 6) is 3.81. The molecule has 114 valence electrons. The van der Waals surface area contributed by atoms with Crippen molar-refractivity contribution in [2.45, 2.75) is 27.0 Å². The predicted molar refractivity (Wildman–Crippen MR) is 82.6 cm³/mol. The van der Waals surface area contributed by atoms with Gasteiger partial charge in [0.1, 0.15) is 18.1 Å². The van der Waals surface area contributed by atoms with E-state index in [0.29, 0.717) is 12.5 Å². The molecule has 0 aliphatic rings. The molecule has 0 spiro atoms. The number of methoxy groups -OCH3 is 1. The molecule has 1 heterocycles. The van der Waals surface area contributed by atoms with E-state index in [1.54, 1.807) is 7.11 Å². The third kappa shape index (κ3) is 4.83. The molecule has 0 aliphatic carbocycles. The Bertz CT molecular complexity index is 548. The second kappa shape index (κ2) is 7.74. The Morgan fingerprint density at radius 1 is 1.05 bits per heavy atom. The lowest BCUT2D eigenvalue weighted by Gasteiger charge is -2.09. The van der Waals surface area contributed by atoms with Gasteiger partial charge < -0.3 is 19.2 Å². The predicted octanol–water partition coefficient (Wildman–Crippen LogP) is 3.61. The third-order valence-corrected chi connectivity index (χ3v) is 3.01. The summed E-state index contributed by atoms with van der Waals surface area (Å²) >= 11 is 0. The first-order valence-corrected chi connectivity index (χ1v) is 7.23. The smallest absolute Gasteiger partial charge is 0.161 e. The number of hydrogen-bond acceptors (Lipinski definition) is 4. The van der Waals surface area contributed by atoms with Crippen LogP contribution in [0.4, 0.5) is 0 Å². The van der Waals surface area contributed by atoms with Gasteiger partial charge in [-0.05, 0) is 36.7 Å². The molecule has 0 amide bonds. The summed E-state index contributed by atoms with van der Waals surface area (Å²) < 4.78 is 16.7. The maximum Gasteiger partial charge on any atom is 0.161 e. The van der Waals surface area contributed by atoms with Crippen LogP contribution in [0.2, 0.25) is 0 Å². The van der Waals surface area contributed by atoms with E-state index in [1.807, 2.05) is 36.4 Å². The second-order valence-corrected chi connectivity index (χ2v) is 5.33. The fraction of sp³-hybridized carbons (Fsp3) is 0.412. The number of nitrogens with one attached hydrogen (secondary N) is 1. The summed E-state index contributed by atoms with van der Waals surface area (Å²) in [6.07, 6.45) is 0. The van der Waals surface area contributed by atoms with Gasteiger partial charge >= 0.3 is 0 Å². The third-order valence-electron chi connectivity index (χ3n) is 3.01. The van der Waals surface area contributed by atoms with Gasteiger partial charge in [-0.1, -0.05) is 26.0 Å². The Labute approximate surface area is 126 Å². The molecule has 0 bridgehead atoms. The molecule has 0 unspecified atom stereocenters. The van der Waals surface area contributed by atoms with Crippen LogP contribution in [0.25, 0.3) is 0 Å². The number of furan rings is 1.